The molecule has 2 atom stereocenters. The van der Waals surface area contributed by atoms with Crippen LogP contribution in [0.1, 0.15) is 42.7 Å². The van der Waals surface area contributed by atoms with Crippen molar-refractivity contribution in [3.63, 3.8) is 0 Å². The highest BCUT2D eigenvalue weighted by atomic mass is 35.5. The van der Waals surface area contributed by atoms with E-state index in [4.69, 9.17) is 23.2 Å². The number of hydrogen-bond acceptors (Lipinski definition) is 2. The van der Waals surface area contributed by atoms with Gasteiger partial charge in [0.2, 0.25) is 5.91 Å². The Labute approximate surface area is 168 Å². The van der Waals surface area contributed by atoms with E-state index >= 15 is 0 Å². The molecule has 0 aromatic heterocycles. The molecule has 0 unspecified atom stereocenters. The Balaban J connectivity index is 2.11. The summed E-state index contributed by atoms with van der Waals surface area (Å²) >= 11 is 11.9. The number of halogens is 3. The molecule has 2 N–H and O–H groups in total. The first-order chi connectivity index (χ1) is 12.7. The molecule has 7 heteroatoms. The fraction of sp³-hybridized carbons (Fsp3) is 0.300. The van der Waals surface area contributed by atoms with E-state index in [2.05, 4.69) is 10.6 Å². The first-order valence-electron chi connectivity index (χ1n) is 8.51. The summed E-state index contributed by atoms with van der Waals surface area (Å²) in [4.78, 5) is 25.1. The van der Waals surface area contributed by atoms with Crippen molar-refractivity contribution < 1.29 is 14.0 Å². The number of rotatable bonds is 6. The Kier molecular flexibility index (Phi) is 7.22. The fourth-order valence-corrected chi connectivity index (χ4v) is 2.87. The largest absolute Gasteiger partial charge is 0.348 e. The molecule has 2 amide bonds. The molecule has 2 aromatic rings. The maximum absolute atomic E-state index is 13.8. The van der Waals surface area contributed by atoms with Crippen LogP contribution in [0.15, 0.2) is 42.5 Å². The van der Waals surface area contributed by atoms with Gasteiger partial charge in [-0.15, -0.1) is 0 Å². The van der Waals surface area contributed by atoms with E-state index in [9.17, 15) is 14.0 Å². The van der Waals surface area contributed by atoms with Gasteiger partial charge in [-0.25, -0.2) is 4.39 Å². The van der Waals surface area contributed by atoms with Crippen LogP contribution < -0.4 is 10.6 Å². The summed E-state index contributed by atoms with van der Waals surface area (Å²) in [5.41, 5.74) is 0.675. The number of benzene rings is 2. The zero-order valence-electron chi connectivity index (χ0n) is 15.2. The van der Waals surface area contributed by atoms with Crippen LogP contribution in [0, 0.1) is 11.7 Å². The highest BCUT2D eigenvalue weighted by Crippen LogP contribution is 2.25. The quantitative estimate of drug-likeness (QED) is 0.720. The Morgan fingerprint density at radius 1 is 0.963 bits per heavy atom. The van der Waals surface area contributed by atoms with Crippen LogP contribution in [0.2, 0.25) is 10.0 Å². The summed E-state index contributed by atoms with van der Waals surface area (Å²) in [6.07, 6.45) is 0. The minimum atomic E-state index is -0.817. The number of carbonyl (C=O) groups is 2. The average Bonchev–Trinajstić information content (AvgIpc) is 2.61. The van der Waals surface area contributed by atoms with Crippen molar-refractivity contribution in [3.8, 4) is 0 Å². The molecule has 0 spiro atoms. The molecule has 0 saturated heterocycles. The lowest BCUT2D eigenvalue weighted by Gasteiger charge is -2.24. The molecule has 0 heterocycles. The van der Waals surface area contributed by atoms with Crippen LogP contribution in [0.4, 0.5) is 4.39 Å². The minimum Gasteiger partial charge on any atom is -0.348 e. The molecule has 0 bridgehead atoms. The lowest BCUT2D eigenvalue weighted by atomic mass is 10.0. The third-order valence-corrected chi connectivity index (χ3v) is 4.90. The molecule has 0 aliphatic carbocycles. The molecule has 27 heavy (non-hydrogen) atoms. The molecule has 2 rings (SSSR count). The van der Waals surface area contributed by atoms with Crippen LogP contribution in [0.25, 0.3) is 0 Å². The first kappa shape index (κ1) is 21.2. The van der Waals surface area contributed by atoms with Crippen LogP contribution in [0.3, 0.4) is 0 Å². The second-order valence-corrected chi connectivity index (χ2v) is 7.39. The van der Waals surface area contributed by atoms with Crippen molar-refractivity contribution in [3.05, 3.63) is 69.5 Å². The number of carbonyl (C=O) groups excluding carboxylic acids is 2. The molecule has 0 fully saturated rings. The Bertz CT molecular complexity index is 842. The van der Waals surface area contributed by atoms with Gasteiger partial charge in [0.1, 0.15) is 11.9 Å². The SMILES string of the molecule is CC(C)[C@H](NC(=O)c1ccccc1F)C(=O)N[C@@H](C)c1ccc(Cl)c(Cl)c1. The van der Waals surface area contributed by atoms with E-state index < -0.39 is 17.8 Å². The van der Waals surface area contributed by atoms with E-state index in [1.807, 2.05) is 0 Å². The molecule has 0 saturated carbocycles. The number of amides is 2. The number of hydrogen-bond donors (Lipinski definition) is 2. The molecule has 144 valence electrons. The summed E-state index contributed by atoms with van der Waals surface area (Å²) in [6.45, 7) is 5.40. The third kappa shape index (κ3) is 5.44. The highest BCUT2D eigenvalue weighted by Gasteiger charge is 2.27. The third-order valence-electron chi connectivity index (χ3n) is 4.16. The van der Waals surface area contributed by atoms with Gasteiger partial charge >= 0.3 is 0 Å². The van der Waals surface area contributed by atoms with Gasteiger partial charge < -0.3 is 10.6 Å². The van der Waals surface area contributed by atoms with Gasteiger partial charge in [0.05, 0.1) is 21.7 Å². The predicted octanol–water partition coefficient (Wildman–Crippen LogP) is 4.76. The first-order valence-corrected chi connectivity index (χ1v) is 9.27. The second-order valence-electron chi connectivity index (χ2n) is 6.58. The Morgan fingerprint density at radius 3 is 2.22 bits per heavy atom. The van der Waals surface area contributed by atoms with E-state index in [0.717, 1.165) is 5.56 Å². The van der Waals surface area contributed by atoms with Crippen molar-refractivity contribution in [2.24, 2.45) is 5.92 Å². The van der Waals surface area contributed by atoms with Gasteiger partial charge in [-0.3, -0.25) is 9.59 Å². The fourth-order valence-electron chi connectivity index (χ4n) is 2.57. The Hall–Kier alpha value is -2.11. The van der Waals surface area contributed by atoms with Crippen LogP contribution in [0.5, 0.6) is 0 Å². The maximum atomic E-state index is 13.8. The topological polar surface area (TPSA) is 58.2 Å². The number of nitrogens with one attached hydrogen (secondary N) is 2. The van der Waals surface area contributed by atoms with Gasteiger partial charge in [0.25, 0.3) is 5.91 Å². The average molecular weight is 411 g/mol. The van der Waals surface area contributed by atoms with Crippen molar-refractivity contribution in [2.75, 3.05) is 0 Å². The lowest BCUT2D eigenvalue weighted by molar-refractivity contribution is -0.124. The normalized spacial score (nSPS) is 13.1. The highest BCUT2D eigenvalue weighted by molar-refractivity contribution is 6.42. The van der Waals surface area contributed by atoms with Gasteiger partial charge in [-0.1, -0.05) is 55.2 Å². The zero-order chi connectivity index (χ0) is 20.1. The monoisotopic (exact) mass is 410 g/mol. The van der Waals surface area contributed by atoms with Crippen molar-refractivity contribution in [1.82, 2.24) is 10.6 Å². The molecule has 0 radical (unpaired) electrons. The molecular formula is C20H21Cl2FN2O2. The molecule has 0 aliphatic rings. The predicted molar refractivity (Wildman–Crippen MR) is 106 cm³/mol. The van der Waals surface area contributed by atoms with Crippen LogP contribution in [-0.4, -0.2) is 17.9 Å². The second kappa shape index (κ2) is 9.20. The van der Waals surface area contributed by atoms with E-state index in [1.165, 1.54) is 18.2 Å². The van der Waals surface area contributed by atoms with Gasteiger partial charge in [-0.05, 0) is 42.7 Å². The van der Waals surface area contributed by atoms with Crippen LogP contribution in [-0.2, 0) is 4.79 Å². The summed E-state index contributed by atoms with van der Waals surface area (Å²) in [5, 5.41) is 6.28. The molecule has 4 nitrogen and oxygen atoms in total. The van der Waals surface area contributed by atoms with Crippen LogP contribution >= 0.6 is 23.2 Å². The molecule has 2 aromatic carbocycles. The standard InChI is InChI=1S/C20H21Cl2FN2O2/c1-11(2)18(25-19(26)14-6-4-5-7-17(14)23)20(27)24-12(3)13-8-9-15(21)16(22)10-13/h4-12,18H,1-3H3,(H,24,27)(H,25,26)/t12-,18-/m0/s1. The summed E-state index contributed by atoms with van der Waals surface area (Å²) in [6, 6.07) is 9.57. The van der Waals surface area contributed by atoms with Crippen molar-refractivity contribution in [2.45, 2.75) is 32.9 Å². The van der Waals surface area contributed by atoms with Crippen molar-refractivity contribution >= 4 is 35.0 Å². The van der Waals surface area contributed by atoms with Crippen molar-refractivity contribution in [1.29, 1.82) is 0 Å². The molecular weight excluding hydrogens is 390 g/mol. The maximum Gasteiger partial charge on any atom is 0.254 e. The van der Waals surface area contributed by atoms with E-state index in [0.29, 0.717) is 10.0 Å². The van der Waals surface area contributed by atoms with Gasteiger partial charge in [0.15, 0.2) is 0 Å². The summed E-state index contributed by atoms with van der Waals surface area (Å²) < 4.78 is 13.8. The molecule has 0 aliphatic heterocycles. The smallest absolute Gasteiger partial charge is 0.254 e. The summed E-state index contributed by atoms with van der Waals surface area (Å²) in [5.74, 6) is -1.83. The van der Waals surface area contributed by atoms with E-state index in [-0.39, 0.29) is 23.4 Å². The zero-order valence-corrected chi connectivity index (χ0v) is 16.7. The van der Waals surface area contributed by atoms with Gasteiger partial charge in [-0.2, -0.15) is 0 Å². The Morgan fingerprint density at radius 2 is 1.63 bits per heavy atom. The van der Waals surface area contributed by atoms with Gasteiger partial charge in [0, 0.05) is 0 Å². The summed E-state index contributed by atoms with van der Waals surface area (Å²) in [7, 11) is 0. The van der Waals surface area contributed by atoms with E-state index in [1.54, 1.807) is 45.0 Å². The lowest BCUT2D eigenvalue weighted by Crippen LogP contribution is -2.50. The minimum absolute atomic E-state index is 0.103.